The number of nitrogens with zero attached hydrogens (tertiary/aromatic N) is 4. The molecule has 2 aromatic heterocycles. The van der Waals surface area contributed by atoms with E-state index in [4.69, 9.17) is 28.9 Å². The molecule has 5 nitrogen and oxygen atoms in total. The molecular formula is C11H7Cl2N5. The van der Waals surface area contributed by atoms with Crippen molar-refractivity contribution in [1.29, 1.82) is 0 Å². The van der Waals surface area contributed by atoms with Crippen molar-refractivity contribution >= 4 is 34.7 Å². The van der Waals surface area contributed by atoms with Crippen LogP contribution in [0.3, 0.4) is 0 Å². The molecule has 3 aromatic rings. The van der Waals surface area contributed by atoms with Crippen LogP contribution in [0.5, 0.6) is 0 Å². The van der Waals surface area contributed by atoms with Gasteiger partial charge in [-0.15, -0.1) is 9.73 Å². The van der Waals surface area contributed by atoms with E-state index >= 15 is 0 Å². The number of anilines is 1. The second kappa shape index (κ2) is 4.12. The number of hydrogen-bond donors (Lipinski definition) is 1. The lowest BCUT2D eigenvalue weighted by molar-refractivity contribution is 0.792. The molecule has 0 aliphatic rings. The predicted octanol–water partition coefficient (Wildman–Crippen LogP) is 2.68. The quantitative estimate of drug-likeness (QED) is 0.744. The van der Waals surface area contributed by atoms with Crippen molar-refractivity contribution in [3.63, 3.8) is 0 Å². The largest absolute Gasteiger partial charge is 0.366 e. The molecule has 0 bridgehead atoms. The summed E-state index contributed by atoms with van der Waals surface area (Å²) in [5, 5.41) is 9.07. The first-order chi connectivity index (χ1) is 8.65. The minimum absolute atomic E-state index is 0.132. The molecule has 3 rings (SSSR count). The molecule has 2 N–H and O–H groups in total. The lowest BCUT2D eigenvalue weighted by atomic mass is 10.1. The number of aromatic nitrogens is 4. The highest BCUT2D eigenvalue weighted by Crippen LogP contribution is 2.31. The Morgan fingerprint density at radius 2 is 2.00 bits per heavy atom. The molecule has 0 aliphatic carbocycles. The second-order valence-corrected chi connectivity index (χ2v) is 4.49. The van der Waals surface area contributed by atoms with E-state index in [0.717, 1.165) is 11.1 Å². The van der Waals surface area contributed by atoms with Gasteiger partial charge >= 0.3 is 0 Å². The topological polar surface area (TPSA) is 69.1 Å². The molecule has 0 amide bonds. The third-order valence-electron chi connectivity index (χ3n) is 2.48. The molecule has 0 aliphatic heterocycles. The number of benzene rings is 1. The van der Waals surface area contributed by atoms with Crippen molar-refractivity contribution < 1.29 is 0 Å². The zero-order chi connectivity index (χ0) is 12.7. The van der Waals surface area contributed by atoms with Gasteiger partial charge in [0.25, 0.3) is 0 Å². The minimum atomic E-state index is 0.132. The van der Waals surface area contributed by atoms with Gasteiger partial charge in [-0.25, -0.2) is 4.98 Å². The highest BCUT2D eigenvalue weighted by Gasteiger charge is 2.12. The van der Waals surface area contributed by atoms with E-state index in [1.807, 2.05) is 0 Å². The summed E-state index contributed by atoms with van der Waals surface area (Å²) in [4.78, 5) is 4.21. The number of rotatable bonds is 1. The van der Waals surface area contributed by atoms with Gasteiger partial charge in [-0.05, 0) is 24.3 Å². The standard InChI is InChI=1S/C11H7Cl2N5/c12-6-1-2-7(8(13)5-6)10-9-3-4-15-18(9)17-11(14)16-10/h1-5H,(H2,14,17). The summed E-state index contributed by atoms with van der Waals surface area (Å²) in [5.41, 5.74) is 7.74. The molecule has 90 valence electrons. The van der Waals surface area contributed by atoms with Gasteiger partial charge in [0.2, 0.25) is 5.95 Å². The molecule has 7 heteroatoms. The van der Waals surface area contributed by atoms with Crippen LogP contribution in [0.4, 0.5) is 5.95 Å². The van der Waals surface area contributed by atoms with Crippen molar-refractivity contribution in [3.8, 4) is 11.3 Å². The monoisotopic (exact) mass is 279 g/mol. The van der Waals surface area contributed by atoms with Crippen molar-refractivity contribution in [2.24, 2.45) is 0 Å². The van der Waals surface area contributed by atoms with Crippen LogP contribution in [-0.2, 0) is 0 Å². The van der Waals surface area contributed by atoms with E-state index in [2.05, 4.69) is 15.2 Å². The average Bonchev–Trinajstić information content (AvgIpc) is 2.76. The molecule has 0 unspecified atom stereocenters. The van der Waals surface area contributed by atoms with Crippen LogP contribution in [0.2, 0.25) is 10.0 Å². The van der Waals surface area contributed by atoms with E-state index < -0.39 is 0 Å². The number of nitrogens with two attached hydrogens (primary N) is 1. The lowest BCUT2D eigenvalue weighted by Gasteiger charge is -2.06. The Morgan fingerprint density at radius 1 is 1.17 bits per heavy atom. The first-order valence-corrected chi connectivity index (χ1v) is 5.84. The van der Waals surface area contributed by atoms with Crippen molar-refractivity contribution in [1.82, 2.24) is 19.8 Å². The SMILES string of the molecule is Nc1nc(-c2ccc(Cl)cc2Cl)c2ccnn2n1. The van der Waals surface area contributed by atoms with Crippen LogP contribution in [0.15, 0.2) is 30.5 Å². The summed E-state index contributed by atoms with van der Waals surface area (Å²) < 4.78 is 1.42. The van der Waals surface area contributed by atoms with Gasteiger partial charge in [-0.1, -0.05) is 23.2 Å². The van der Waals surface area contributed by atoms with Crippen LogP contribution in [-0.4, -0.2) is 19.8 Å². The Bertz CT molecular complexity index is 737. The van der Waals surface area contributed by atoms with Gasteiger partial charge in [-0.3, -0.25) is 0 Å². The average molecular weight is 280 g/mol. The van der Waals surface area contributed by atoms with E-state index in [0.29, 0.717) is 15.7 Å². The van der Waals surface area contributed by atoms with Crippen LogP contribution in [0.25, 0.3) is 16.8 Å². The zero-order valence-electron chi connectivity index (χ0n) is 9.01. The van der Waals surface area contributed by atoms with Gasteiger partial charge in [0.1, 0.15) is 11.2 Å². The summed E-state index contributed by atoms with van der Waals surface area (Å²) in [7, 11) is 0. The van der Waals surface area contributed by atoms with Crippen LogP contribution < -0.4 is 5.73 Å². The maximum Gasteiger partial charge on any atom is 0.240 e. The Morgan fingerprint density at radius 3 is 2.78 bits per heavy atom. The van der Waals surface area contributed by atoms with Crippen molar-refractivity contribution in [3.05, 3.63) is 40.5 Å². The van der Waals surface area contributed by atoms with E-state index in [-0.39, 0.29) is 5.95 Å². The fourth-order valence-electron chi connectivity index (χ4n) is 1.72. The molecule has 0 atom stereocenters. The smallest absolute Gasteiger partial charge is 0.240 e. The van der Waals surface area contributed by atoms with Crippen LogP contribution in [0.1, 0.15) is 0 Å². The Hall–Kier alpha value is -1.85. The Labute approximate surface area is 112 Å². The maximum absolute atomic E-state index is 6.17. The normalized spacial score (nSPS) is 11.0. The second-order valence-electron chi connectivity index (χ2n) is 3.65. The molecule has 0 fully saturated rings. The Kier molecular flexibility index (Phi) is 2.57. The van der Waals surface area contributed by atoms with Gasteiger partial charge in [0.05, 0.1) is 11.2 Å². The van der Waals surface area contributed by atoms with E-state index in [9.17, 15) is 0 Å². The molecule has 1 aromatic carbocycles. The van der Waals surface area contributed by atoms with Crippen molar-refractivity contribution in [2.45, 2.75) is 0 Å². The van der Waals surface area contributed by atoms with Crippen LogP contribution in [0, 0.1) is 0 Å². The minimum Gasteiger partial charge on any atom is -0.366 e. The molecule has 0 saturated heterocycles. The highest BCUT2D eigenvalue weighted by molar-refractivity contribution is 6.36. The number of halogens is 2. The van der Waals surface area contributed by atoms with Crippen molar-refractivity contribution in [2.75, 3.05) is 5.73 Å². The lowest BCUT2D eigenvalue weighted by Crippen LogP contribution is -2.04. The highest BCUT2D eigenvalue weighted by atomic mass is 35.5. The van der Waals surface area contributed by atoms with Crippen LogP contribution >= 0.6 is 23.2 Å². The van der Waals surface area contributed by atoms with Gasteiger partial charge in [0.15, 0.2) is 0 Å². The fourth-order valence-corrected chi connectivity index (χ4v) is 2.22. The summed E-state index contributed by atoms with van der Waals surface area (Å²) >= 11 is 12.0. The van der Waals surface area contributed by atoms with Gasteiger partial charge < -0.3 is 5.73 Å². The maximum atomic E-state index is 6.17. The molecular weight excluding hydrogens is 273 g/mol. The summed E-state index contributed by atoms with van der Waals surface area (Å²) in [6.07, 6.45) is 1.62. The molecule has 0 saturated carbocycles. The number of fused-ring (bicyclic) bond motifs is 1. The third-order valence-corrected chi connectivity index (χ3v) is 3.02. The predicted molar refractivity (Wildman–Crippen MR) is 70.7 cm³/mol. The fraction of sp³-hybridized carbons (Fsp3) is 0. The molecule has 18 heavy (non-hydrogen) atoms. The first kappa shape index (κ1) is 11.3. The first-order valence-electron chi connectivity index (χ1n) is 5.08. The summed E-state index contributed by atoms with van der Waals surface area (Å²) in [6, 6.07) is 6.98. The third kappa shape index (κ3) is 1.77. The zero-order valence-corrected chi connectivity index (χ0v) is 10.5. The summed E-state index contributed by atoms with van der Waals surface area (Å²) in [6.45, 7) is 0. The molecule has 2 heterocycles. The van der Waals surface area contributed by atoms with Gasteiger partial charge in [0, 0.05) is 10.6 Å². The summed E-state index contributed by atoms with van der Waals surface area (Å²) in [5.74, 6) is 0.132. The Balaban J connectivity index is 2.33. The number of hydrogen-bond acceptors (Lipinski definition) is 4. The molecule has 0 radical (unpaired) electrons. The van der Waals surface area contributed by atoms with E-state index in [1.54, 1.807) is 30.5 Å². The van der Waals surface area contributed by atoms with E-state index in [1.165, 1.54) is 4.63 Å². The number of nitrogen functional groups attached to an aromatic ring is 1. The molecule has 0 spiro atoms. The van der Waals surface area contributed by atoms with Gasteiger partial charge in [-0.2, -0.15) is 5.10 Å².